The maximum Gasteiger partial charge on any atom is 0.293 e. The summed E-state index contributed by atoms with van der Waals surface area (Å²) >= 11 is 0. The lowest BCUT2D eigenvalue weighted by atomic mass is 10.1. The van der Waals surface area contributed by atoms with E-state index < -0.39 is 5.91 Å². The summed E-state index contributed by atoms with van der Waals surface area (Å²) in [6.07, 6.45) is 3.60. The van der Waals surface area contributed by atoms with E-state index in [9.17, 15) is 4.79 Å². The Balaban J connectivity index is 2.21. The number of likely N-dealkylation sites (N-methyl/N-ethyl adjacent to an activating group) is 1. The Hall–Kier alpha value is -2.73. The molecule has 106 valence electrons. The highest BCUT2D eigenvalue weighted by atomic mass is 16.1. The Labute approximate surface area is 125 Å². The van der Waals surface area contributed by atoms with E-state index in [1.54, 1.807) is 6.08 Å². The molecule has 21 heavy (non-hydrogen) atoms. The van der Waals surface area contributed by atoms with Crippen LogP contribution in [0.5, 0.6) is 0 Å². The number of primary amides is 1. The van der Waals surface area contributed by atoms with E-state index in [-0.39, 0.29) is 0 Å². The Morgan fingerprint density at radius 3 is 2.76 bits per heavy atom. The van der Waals surface area contributed by atoms with Crippen LogP contribution in [-0.4, -0.2) is 19.0 Å². The molecule has 0 radical (unpaired) electrons. The van der Waals surface area contributed by atoms with Crippen molar-refractivity contribution in [2.45, 2.75) is 6.92 Å². The van der Waals surface area contributed by atoms with Gasteiger partial charge in [0.1, 0.15) is 0 Å². The zero-order valence-corrected chi connectivity index (χ0v) is 12.0. The van der Waals surface area contributed by atoms with Crippen LogP contribution in [0.3, 0.4) is 0 Å². The number of carbonyl (C=O) groups excluding carboxylic acids is 1. The van der Waals surface area contributed by atoms with Crippen molar-refractivity contribution in [2.24, 2.45) is 5.73 Å². The normalized spacial score (nSPS) is 10.3. The number of amides is 1. The summed E-state index contributed by atoms with van der Waals surface area (Å²) in [4.78, 5) is 12.8. The summed E-state index contributed by atoms with van der Waals surface area (Å²) < 4.78 is 0. The Morgan fingerprint density at radius 2 is 2.00 bits per heavy atom. The molecule has 2 aromatic carbocycles. The van der Waals surface area contributed by atoms with Gasteiger partial charge in [0.15, 0.2) is 0 Å². The van der Waals surface area contributed by atoms with E-state index in [1.807, 2.05) is 18.2 Å². The second kappa shape index (κ2) is 7.16. The standard InChI is InChI=1S/C18H18N2O/c1-2-20(14-7-3-4-13-18(19)21)17-12-8-10-15-9-5-6-11-16(15)17/h3,5-12H,2,14H2,1H3,(H2,19,21). The molecule has 2 N–H and O–H groups in total. The van der Waals surface area contributed by atoms with Crippen LogP contribution >= 0.6 is 0 Å². The van der Waals surface area contributed by atoms with Crippen LogP contribution in [0.25, 0.3) is 10.8 Å². The number of fused-ring (bicyclic) bond motifs is 1. The van der Waals surface area contributed by atoms with Crippen LogP contribution < -0.4 is 10.6 Å². The second-order valence-electron chi connectivity index (χ2n) is 4.57. The highest BCUT2D eigenvalue weighted by Gasteiger charge is 2.06. The zero-order valence-electron chi connectivity index (χ0n) is 12.0. The molecule has 0 spiro atoms. The fourth-order valence-corrected chi connectivity index (χ4v) is 2.23. The number of anilines is 1. The quantitative estimate of drug-likeness (QED) is 0.874. The monoisotopic (exact) mass is 278 g/mol. The van der Waals surface area contributed by atoms with Crippen molar-refractivity contribution in [1.82, 2.24) is 0 Å². The van der Waals surface area contributed by atoms with Crippen LogP contribution in [0.1, 0.15) is 6.92 Å². The van der Waals surface area contributed by atoms with Gasteiger partial charge in [-0.3, -0.25) is 4.79 Å². The second-order valence-corrected chi connectivity index (χ2v) is 4.57. The SMILES string of the molecule is CCN(CC=CC#CC(N)=O)c1cccc2ccccc12. The minimum atomic E-state index is -0.610. The molecule has 2 rings (SSSR count). The summed E-state index contributed by atoms with van der Waals surface area (Å²) in [5, 5.41) is 2.46. The van der Waals surface area contributed by atoms with Gasteiger partial charge in [-0.15, -0.1) is 0 Å². The van der Waals surface area contributed by atoms with Crippen LogP contribution in [0.15, 0.2) is 54.6 Å². The molecule has 0 fully saturated rings. The minimum absolute atomic E-state index is 0.610. The molecule has 0 aromatic heterocycles. The fraction of sp³-hybridized carbons (Fsp3) is 0.167. The summed E-state index contributed by atoms with van der Waals surface area (Å²) in [6.45, 7) is 3.74. The van der Waals surface area contributed by atoms with Gasteiger partial charge in [0.05, 0.1) is 0 Å². The zero-order chi connectivity index (χ0) is 15.1. The largest absolute Gasteiger partial charge is 0.368 e. The van der Waals surface area contributed by atoms with Crippen LogP contribution in [0, 0.1) is 11.8 Å². The van der Waals surface area contributed by atoms with Crippen molar-refractivity contribution in [2.75, 3.05) is 18.0 Å². The molecule has 1 amide bonds. The molecule has 3 heteroatoms. The van der Waals surface area contributed by atoms with Crippen molar-refractivity contribution >= 4 is 22.4 Å². The van der Waals surface area contributed by atoms with Gasteiger partial charge in [-0.1, -0.05) is 48.4 Å². The molecule has 3 nitrogen and oxygen atoms in total. The van der Waals surface area contributed by atoms with Gasteiger partial charge in [0.25, 0.3) is 5.91 Å². The predicted octanol–water partition coefficient (Wildman–Crippen LogP) is 2.71. The maximum absolute atomic E-state index is 10.5. The Kier molecular flexibility index (Phi) is 5.00. The molecule has 0 saturated heterocycles. The molecule has 0 unspecified atom stereocenters. The topological polar surface area (TPSA) is 46.3 Å². The molecule has 0 aliphatic heterocycles. The van der Waals surface area contributed by atoms with Crippen molar-refractivity contribution in [3.05, 3.63) is 54.6 Å². The van der Waals surface area contributed by atoms with Gasteiger partial charge >= 0.3 is 0 Å². The average molecular weight is 278 g/mol. The molecule has 0 atom stereocenters. The lowest BCUT2D eigenvalue weighted by Crippen LogP contribution is -2.22. The number of allylic oxidation sites excluding steroid dienone is 1. The number of hydrogen-bond donors (Lipinski definition) is 1. The summed E-state index contributed by atoms with van der Waals surface area (Å²) in [5.41, 5.74) is 6.15. The van der Waals surface area contributed by atoms with Crippen molar-refractivity contribution < 1.29 is 4.79 Å². The third kappa shape index (κ3) is 3.87. The lowest BCUT2D eigenvalue weighted by Gasteiger charge is -2.23. The average Bonchev–Trinajstić information content (AvgIpc) is 2.50. The van der Waals surface area contributed by atoms with Crippen molar-refractivity contribution in [3.8, 4) is 11.8 Å². The van der Waals surface area contributed by atoms with Gasteiger partial charge in [-0.05, 0) is 30.4 Å². The number of rotatable bonds is 4. The maximum atomic E-state index is 10.5. The Morgan fingerprint density at radius 1 is 1.24 bits per heavy atom. The number of nitrogens with zero attached hydrogens (tertiary/aromatic N) is 1. The van der Waals surface area contributed by atoms with Crippen molar-refractivity contribution in [3.63, 3.8) is 0 Å². The lowest BCUT2D eigenvalue weighted by molar-refractivity contribution is -0.112. The molecular formula is C18H18N2O. The highest BCUT2D eigenvalue weighted by molar-refractivity contribution is 5.94. The molecule has 0 aliphatic carbocycles. The molecule has 2 aromatic rings. The highest BCUT2D eigenvalue weighted by Crippen LogP contribution is 2.26. The Bertz CT molecular complexity index is 717. The van der Waals surface area contributed by atoms with Crippen LogP contribution in [0.4, 0.5) is 5.69 Å². The third-order valence-corrected chi connectivity index (χ3v) is 3.21. The first-order valence-electron chi connectivity index (χ1n) is 6.91. The van der Waals surface area contributed by atoms with Gasteiger partial charge in [-0.25, -0.2) is 0 Å². The first-order chi connectivity index (χ1) is 10.2. The molecule has 0 saturated carbocycles. The van der Waals surface area contributed by atoms with Crippen LogP contribution in [0.2, 0.25) is 0 Å². The van der Waals surface area contributed by atoms with E-state index in [2.05, 4.69) is 54.0 Å². The molecule has 0 heterocycles. The first-order valence-corrected chi connectivity index (χ1v) is 6.91. The van der Waals surface area contributed by atoms with Gasteiger partial charge in [0, 0.05) is 24.2 Å². The van der Waals surface area contributed by atoms with E-state index in [4.69, 9.17) is 5.73 Å². The summed E-state index contributed by atoms with van der Waals surface area (Å²) in [5.74, 6) is 4.30. The van der Waals surface area contributed by atoms with Crippen molar-refractivity contribution in [1.29, 1.82) is 0 Å². The van der Waals surface area contributed by atoms with E-state index in [0.29, 0.717) is 0 Å². The molecule has 0 aliphatic rings. The third-order valence-electron chi connectivity index (χ3n) is 3.21. The number of hydrogen-bond acceptors (Lipinski definition) is 2. The van der Waals surface area contributed by atoms with Gasteiger partial charge in [-0.2, -0.15) is 0 Å². The van der Waals surface area contributed by atoms with Crippen LogP contribution in [-0.2, 0) is 4.79 Å². The predicted molar refractivity (Wildman–Crippen MR) is 87.9 cm³/mol. The number of nitrogens with two attached hydrogens (primary N) is 1. The van der Waals surface area contributed by atoms with E-state index in [1.165, 1.54) is 16.5 Å². The summed E-state index contributed by atoms with van der Waals surface area (Å²) in [7, 11) is 0. The van der Waals surface area contributed by atoms with Gasteiger partial charge < -0.3 is 10.6 Å². The van der Waals surface area contributed by atoms with E-state index >= 15 is 0 Å². The number of benzene rings is 2. The fourth-order valence-electron chi connectivity index (χ4n) is 2.23. The van der Waals surface area contributed by atoms with Gasteiger partial charge in [0.2, 0.25) is 0 Å². The minimum Gasteiger partial charge on any atom is -0.368 e. The molecule has 0 bridgehead atoms. The number of carbonyl (C=O) groups is 1. The smallest absolute Gasteiger partial charge is 0.293 e. The first kappa shape index (κ1) is 14.7. The summed E-state index contributed by atoms with van der Waals surface area (Å²) in [6, 6.07) is 14.6. The molecular weight excluding hydrogens is 260 g/mol. The van der Waals surface area contributed by atoms with E-state index in [0.717, 1.165) is 13.1 Å².